The largest absolute Gasteiger partial charge is 0.493 e. The summed E-state index contributed by atoms with van der Waals surface area (Å²) in [7, 11) is 0. The summed E-state index contributed by atoms with van der Waals surface area (Å²) < 4.78 is 11.3. The Bertz CT molecular complexity index is 553. The molecule has 0 unspecified atom stereocenters. The van der Waals surface area contributed by atoms with Crippen molar-refractivity contribution in [2.75, 3.05) is 6.61 Å². The van der Waals surface area contributed by atoms with Gasteiger partial charge in [-0.15, -0.1) is 6.58 Å². The van der Waals surface area contributed by atoms with Gasteiger partial charge in [0, 0.05) is 0 Å². The summed E-state index contributed by atoms with van der Waals surface area (Å²) >= 11 is 0. The highest BCUT2D eigenvalue weighted by atomic mass is 16.5. The van der Waals surface area contributed by atoms with Gasteiger partial charge in [-0.05, 0) is 55.7 Å². The van der Waals surface area contributed by atoms with Crippen molar-refractivity contribution in [3.63, 3.8) is 0 Å². The van der Waals surface area contributed by atoms with Gasteiger partial charge in [-0.1, -0.05) is 30.3 Å². The number of benzene rings is 2. The molecule has 0 saturated heterocycles. The van der Waals surface area contributed by atoms with Crippen molar-refractivity contribution < 1.29 is 9.47 Å². The highest BCUT2D eigenvalue weighted by molar-refractivity contribution is 5.64. The molecule has 2 heteroatoms. The molecule has 0 spiro atoms. The lowest BCUT2D eigenvalue weighted by Gasteiger charge is -2.10. The molecular formula is C19H22O2. The van der Waals surface area contributed by atoms with Crippen molar-refractivity contribution in [2.45, 2.75) is 26.4 Å². The summed E-state index contributed by atoms with van der Waals surface area (Å²) in [6.07, 6.45) is 2.91. The highest BCUT2D eigenvalue weighted by Crippen LogP contribution is 2.25. The number of rotatable bonds is 7. The van der Waals surface area contributed by atoms with Gasteiger partial charge < -0.3 is 9.47 Å². The van der Waals surface area contributed by atoms with Crippen molar-refractivity contribution in [1.82, 2.24) is 0 Å². The Kier molecular flexibility index (Phi) is 5.44. The maximum Gasteiger partial charge on any atom is 0.119 e. The second-order valence-corrected chi connectivity index (χ2v) is 5.14. The Hall–Kier alpha value is -2.22. The Morgan fingerprint density at radius 3 is 1.90 bits per heavy atom. The number of ether oxygens (including phenoxy) is 2. The monoisotopic (exact) mass is 282 g/mol. The van der Waals surface area contributed by atoms with Crippen LogP contribution in [0.4, 0.5) is 0 Å². The fraction of sp³-hybridized carbons (Fsp3) is 0.263. The van der Waals surface area contributed by atoms with Crippen LogP contribution in [0.3, 0.4) is 0 Å². The van der Waals surface area contributed by atoms with E-state index in [0.717, 1.165) is 17.9 Å². The van der Waals surface area contributed by atoms with Crippen molar-refractivity contribution in [3.8, 4) is 22.6 Å². The lowest BCUT2D eigenvalue weighted by atomic mass is 10.1. The van der Waals surface area contributed by atoms with Gasteiger partial charge in [0.25, 0.3) is 0 Å². The van der Waals surface area contributed by atoms with Gasteiger partial charge in [0.1, 0.15) is 11.5 Å². The lowest BCUT2D eigenvalue weighted by Crippen LogP contribution is -2.05. The van der Waals surface area contributed by atoms with E-state index in [2.05, 4.69) is 30.8 Å². The van der Waals surface area contributed by atoms with E-state index >= 15 is 0 Å². The fourth-order valence-corrected chi connectivity index (χ4v) is 2.00. The van der Waals surface area contributed by atoms with E-state index in [4.69, 9.17) is 9.47 Å². The quantitative estimate of drug-likeness (QED) is 0.520. The molecule has 0 aliphatic heterocycles. The van der Waals surface area contributed by atoms with Crippen LogP contribution in [0, 0.1) is 0 Å². The second-order valence-electron chi connectivity index (χ2n) is 5.14. The minimum absolute atomic E-state index is 0.197. The van der Waals surface area contributed by atoms with E-state index in [-0.39, 0.29) is 6.10 Å². The standard InChI is InChI=1S/C19H22O2/c1-4-5-14-20-18-10-6-16(7-11-18)17-8-12-19(13-9-17)21-15(2)3/h4,6-13,15H,1,5,14H2,2-3H3. The van der Waals surface area contributed by atoms with Crippen LogP contribution in [-0.2, 0) is 0 Å². The van der Waals surface area contributed by atoms with E-state index in [9.17, 15) is 0 Å². The first kappa shape index (κ1) is 15.2. The maximum absolute atomic E-state index is 5.65. The summed E-state index contributed by atoms with van der Waals surface area (Å²) in [5.41, 5.74) is 2.34. The number of hydrogen-bond acceptors (Lipinski definition) is 2. The van der Waals surface area contributed by atoms with Gasteiger partial charge in [0.05, 0.1) is 12.7 Å². The van der Waals surface area contributed by atoms with E-state index in [0.29, 0.717) is 6.61 Å². The Morgan fingerprint density at radius 1 is 0.905 bits per heavy atom. The summed E-state index contributed by atoms with van der Waals surface area (Å²) in [6, 6.07) is 16.3. The highest BCUT2D eigenvalue weighted by Gasteiger charge is 2.01. The zero-order chi connectivity index (χ0) is 15.1. The van der Waals surface area contributed by atoms with Crippen molar-refractivity contribution in [1.29, 1.82) is 0 Å². The minimum Gasteiger partial charge on any atom is -0.493 e. The van der Waals surface area contributed by atoms with Gasteiger partial charge in [0.2, 0.25) is 0 Å². The Morgan fingerprint density at radius 2 is 1.43 bits per heavy atom. The normalized spacial score (nSPS) is 10.4. The lowest BCUT2D eigenvalue weighted by molar-refractivity contribution is 0.242. The zero-order valence-corrected chi connectivity index (χ0v) is 12.7. The molecular weight excluding hydrogens is 260 g/mol. The summed E-state index contributed by atoms with van der Waals surface area (Å²) in [5.74, 6) is 1.79. The molecule has 21 heavy (non-hydrogen) atoms. The fourth-order valence-electron chi connectivity index (χ4n) is 2.00. The first-order valence-corrected chi connectivity index (χ1v) is 7.30. The SMILES string of the molecule is C=CCCOc1ccc(-c2ccc(OC(C)C)cc2)cc1. The molecule has 0 N–H and O–H groups in total. The summed E-state index contributed by atoms with van der Waals surface area (Å²) in [4.78, 5) is 0. The molecule has 110 valence electrons. The molecule has 0 bridgehead atoms. The molecule has 0 saturated carbocycles. The van der Waals surface area contributed by atoms with Crippen molar-refractivity contribution in [2.24, 2.45) is 0 Å². The molecule has 2 rings (SSSR count). The first-order valence-electron chi connectivity index (χ1n) is 7.30. The van der Waals surface area contributed by atoms with E-state index < -0.39 is 0 Å². The Labute approximate surface area is 127 Å². The third-order valence-electron chi connectivity index (χ3n) is 3.00. The van der Waals surface area contributed by atoms with Gasteiger partial charge in [-0.3, -0.25) is 0 Å². The minimum atomic E-state index is 0.197. The van der Waals surface area contributed by atoms with Crippen LogP contribution in [0.5, 0.6) is 11.5 Å². The predicted octanol–water partition coefficient (Wildman–Crippen LogP) is 5.10. The first-order chi connectivity index (χ1) is 10.2. The van der Waals surface area contributed by atoms with Crippen LogP contribution in [0.2, 0.25) is 0 Å². The average molecular weight is 282 g/mol. The van der Waals surface area contributed by atoms with Gasteiger partial charge in [0.15, 0.2) is 0 Å². The molecule has 0 heterocycles. The predicted molar refractivity (Wildman–Crippen MR) is 88.0 cm³/mol. The van der Waals surface area contributed by atoms with E-state index in [1.165, 1.54) is 11.1 Å². The van der Waals surface area contributed by atoms with Crippen molar-refractivity contribution >= 4 is 0 Å². The molecule has 0 radical (unpaired) electrons. The second kappa shape index (κ2) is 7.53. The van der Waals surface area contributed by atoms with Gasteiger partial charge in [-0.2, -0.15) is 0 Å². The van der Waals surface area contributed by atoms with Crippen LogP contribution in [0.15, 0.2) is 61.2 Å². The van der Waals surface area contributed by atoms with Crippen LogP contribution in [0.25, 0.3) is 11.1 Å². The molecule has 2 aromatic carbocycles. The Balaban J connectivity index is 2.02. The summed E-state index contributed by atoms with van der Waals surface area (Å²) in [5, 5.41) is 0. The molecule has 0 aliphatic rings. The van der Waals surface area contributed by atoms with Crippen LogP contribution in [-0.4, -0.2) is 12.7 Å². The number of hydrogen-bond donors (Lipinski definition) is 0. The van der Waals surface area contributed by atoms with Crippen LogP contribution >= 0.6 is 0 Å². The third kappa shape index (κ3) is 4.67. The van der Waals surface area contributed by atoms with E-state index in [1.54, 1.807) is 0 Å². The topological polar surface area (TPSA) is 18.5 Å². The molecule has 2 aromatic rings. The molecule has 2 nitrogen and oxygen atoms in total. The summed E-state index contributed by atoms with van der Waals surface area (Å²) in [6.45, 7) is 8.40. The molecule has 0 aliphatic carbocycles. The van der Waals surface area contributed by atoms with Crippen LogP contribution in [0.1, 0.15) is 20.3 Å². The zero-order valence-electron chi connectivity index (χ0n) is 12.7. The molecule has 0 amide bonds. The van der Waals surface area contributed by atoms with Gasteiger partial charge in [-0.25, -0.2) is 0 Å². The molecule has 0 atom stereocenters. The van der Waals surface area contributed by atoms with Crippen molar-refractivity contribution in [3.05, 3.63) is 61.2 Å². The molecule has 0 fully saturated rings. The smallest absolute Gasteiger partial charge is 0.119 e. The molecule has 0 aromatic heterocycles. The van der Waals surface area contributed by atoms with E-state index in [1.807, 2.05) is 44.2 Å². The van der Waals surface area contributed by atoms with Gasteiger partial charge >= 0.3 is 0 Å². The maximum atomic E-state index is 5.65. The average Bonchev–Trinajstić information content (AvgIpc) is 2.49. The van der Waals surface area contributed by atoms with Crippen LogP contribution < -0.4 is 9.47 Å². The third-order valence-corrected chi connectivity index (χ3v) is 3.00.